The molecule has 0 saturated heterocycles. The first-order valence-corrected chi connectivity index (χ1v) is 5.15. The standard InChI is InChI=1S/C11H10F5NO2/c12-7-2-1-6(3-8(7)13)4-10(19)17-5-9(18)11(14,15)16/h1-3,9,18H,4-5H2,(H,17,19). The Morgan fingerprint density at radius 3 is 2.42 bits per heavy atom. The van der Waals surface area contributed by atoms with Crippen molar-refractivity contribution in [2.75, 3.05) is 6.54 Å². The van der Waals surface area contributed by atoms with Crippen molar-refractivity contribution in [1.29, 1.82) is 0 Å². The van der Waals surface area contributed by atoms with Gasteiger partial charge < -0.3 is 10.4 Å². The number of rotatable bonds is 4. The Kier molecular flexibility index (Phi) is 4.82. The van der Waals surface area contributed by atoms with Gasteiger partial charge in [0, 0.05) is 0 Å². The molecule has 0 aromatic heterocycles. The van der Waals surface area contributed by atoms with Gasteiger partial charge >= 0.3 is 6.18 Å². The SMILES string of the molecule is O=C(Cc1ccc(F)c(F)c1)NCC(O)C(F)(F)F. The molecule has 2 N–H and O–H groups in total. The maximum Gasteiger partial charge on any atom is 0.416 e. The number of aliphatic hydroxyl groups is 1. The molecule has 0 bridgehead atoms. The summed E-state index contributed by atoms with van der Waals surface area (Å²) in [6.45, 7) is -0.994. The first-order valence-electron chi connectivity index (χ1n) is 5.15. The predicted molar refractivity (Wildman–Crippen MR) is 55.1 cm³/mol. The molecule has 1 aromatic rings. The maximum absolute atomic E-state index is 12.8. The van der Waals surface area contributed by atoms with E-state index in [2.05, 4.69) is 0 Å². The molecule has 0 aliphatic carbocycles. The number of benzene rings is 1. The molecule has 1 rings (SSSR count). The van der Waals surface area contributed by atoms with Gasteiger partial charge in [-0.15, -0.1) is 0 Å². The molecule has 8 heteroatoms. The Bertz CT molecular complexity index is 461. The van der Waals surface area contributed by atoms with Crippen LogP contribution in [0.2, 0.25) is 0 Å². The van der Waals surface area contributed by atoms with E-state index in [9.17, 15) is 26.7 Å². The minimum Gasteiger partial charge on any atom is -0.382 e. The third kappa shape index (κ3) is 4.82. The first kappa shape index (κ1) is 15.4. The normalized spacial score (nSPS) is 13.2. The summed E-state index contributed by atoms with van der Waals surface area (Å²) in [6.07, 6.45) is -7.90. The fourth-order valence-electron chi connectivity index (χ4n) is 1.22. The van der Waals surface area contributed by atoms with E-state index < -0.39 is 42.8 Å². The molecule has 1 aromatic carbocycles. The Labute approximate surface area is 105 Å². The lowest BCUT2D eigenvalue weighted by molar-refractivity contribution is -0.201. The maximum atomic E-state index is 12.8. The Morgan fingerprint density at radius 2 is 1.89 bits per heavy atom. The van der Waals surface area contributed by atoms with Gasteiger partial charge in [0.25, 0.3) is 0 Å². The van der Waals surface area contributed by atoms with E-state index in [0.717, 1.165) is 18.2 Å². The average Bonchev–Trinajstić information content (AvgIpc) is 2.29. The van der Waals surface area contributed by atoms with Gasteiger partial charge in [-0.2, -0.15) is 13.2 Å². The van der Waals surface area contributed by atoms with Crippen molar-refractivity contribution >= 4 is 5.91 Å². The van der Waals surface area contributed by atoms with Crippen LogP contribution < -0.4 is 5.32 Å². The molecule has 1 unspecified atom stereocenters. The zero-order chi connectivity index (χ0) is 14.6. The molecule has 1 amide bonds. The molecular formula is C11H10F5NO2. The average molecular weight is 283 g/mol. The van der Waals surface area contributed by atoms with Crippen molar-refractivity contribution in [3.63, 3.8) is 0 Å². The number of carbonyl (C=O) groups excluding carboxylic acids is 1. The third-order valence-electron chi connectivity index (χ3n) is 2.22. The molecule has 106 valence electrons. The van der Waals surface area contributed by atoms with E-state index in [1.54, 1.807) is 0 Å². The highest BCUT2D eigenvalue weighted by molar-refractivity contribution is 5.78. The highest BCUT2D eigenvalue weighted by atomic mass is 19.4. The van der Waals surface area contributed by atoms with Crippen LogP contribution in [0, 0.1) is 11.6 Å². The van der Waals surface area contributed by atoms with Crippen molar-refractivity contribution < 1.29 is 31.9 Å². The highest BCUT2D eigenvalue weighted by Gasteiger charge is 2.38. The van der Waals surface area contributed by atoms with Crippen LogP contribution in [0.25, 0.3) is 0 Å². The van der Waals surface area contributed by atoms with Crippen LogP contribution in [0.5, 0.6) is 0 Å². The van der Waals surface area contributed by atoms with Crippen LogP contribution in [0.1, 0.15) is 5.56 Å². The Balaban J connectivity index is 2.49. The van der Waals surface area contributed by atoms with E-state index in [0.29, 0.717) is 0 Å². The Morgan fingerprint density at radius 1 is 1.26 bits per heavy atom. The van der Waals surface area contributed by atoms with E-state index in [1.165, 1.54) is 0 Å². The van der Waals surface area contributed by atoms with Crippen LogP contribution in [0.4, 0.5) is 22.0 Å². The minimum atomic E-state index is -4.82. The summed E-state index contributed by atoms with van der Waals surface area (Å²) >= 11 is 0. The number of carbonyl (C=O) groups is 1. The van der Waals surface area contributed by atoms with E-state index in [1.807, 2.05) is 5.32 Å². The van der Waals surface area contributed by atoms with Gasteiger partial charge in [0.05, 0.1) is 13.0 Å². The molecule has 19 heavy (non-hydrogen) atoms. The van der Waals surface area contributed by atoms with Crippen LogP contribution in [0.3, 0.4) is 0 Å². The van der Waals surface area contributed by atoms with Gasteiger partial charge in [-0.25, -0.2) is 8.78 Å². The van der Waals surface area contributed by atoms with Gasteiger partial charge in [0.15, 0.2) is 17.7 Å². The molecule has 0 aliphatic heterocycles. The second-order valence-electron chi connectivity index (χ2n) is 3.79. The number of aliphatic hydroxyl groups excluding tert-OH is 1. The number of hydrogen-bond donors (Lipinski definition) is 2. The Hall–Kier alpha value is -1.70. The third-order valence-corrected chi connectivity index (χ3v) is 2.22. The molecular weight excluding hydrogens is 273 g/mol. The van der Waals surface area contributed by atoms with Crippen LogP contribution in [0.15, 0.2) is 18.2 Å². The zero-order valence-electron chi connectivity index (χ0n) is 9.47. The summed E-state index contributed by atoms with van der Waals surface area (Å²) in [7, 11) is 0. The molecule has 0 spiro atoms. The second-order valence-corrected chi connectivity index (χ2v) is 3.79. The largest absolute Gasteiger partial charge is 0.416 e. The topological polar surface area (TPSA) is 49.3 Å². The molecule has 0 radical (unpaired) electrons. The summed E-state index contributed by atoms with van der Waals surface area (Å²) in [5.74, 6) is -3.08. The van der Waals surface area contributed by atoms with E-state index in [4.69, 9.17) is 5.11 Å². The number of halogens is 5. The lowest BCUT2D eigenvalue weighted by Gasteiger charge is -2.14. The smallest absolute Gasteiger partial charge is 0.382 e. The minimum absolute atomic E-state index is 0.109. The lowest BCUT2D eigenvalue weighted by atomic mass is 10.1. The van der Waals surface area contributed by atoms with Gasteiger partial charge in [-0.1, -0.05) is 6.07 Å². The lowest BCUT2D eigenvalue weighted by Crippen LogP contribution is -2.41. The zero-order valence-corrected chi connectivity index (χ0v) is 9.47. The molecule has 0 heterocycles. The first-order chi connectivity index (χ1) is 8.70. The monoisotopic (exact) mass is 283 g/mol. The second kappa shape index (κ2) is 5.96. The van der Waals surface area contributed by atoms with Crippen molar-refractivity contribution in [1.82, 2.24) is 5.32 Å². The molecule has 0 saturated carbocycles. The number of amides is 1. The predicted octanol–water partition coefficient (Wildman–Crippen LogP) is 1.55. The van der Waals surface area contributed by atoms with Crippen LogP contribution in [-0.4, -0.2) is 29.8 Å². The highest BCUT2D eigenvalue weighted by Crippen LogP contribution is 2.19. The molecule has 1 atom stereocenters. The number of nitrogens with one attached hydrogen (secondary N) is 1. The van der Waals surface area contributed by atoms with Crippen molar-refractivity contribution in [3.8, 4) is 0 Å². The molecule has 3 nitrogen and oxygen atoms in total. The van der Waals surface area contributed by atoms with E-state index in [-0.39, 0.29) is 5.56 Å². The van der Waals surface area contributed by atoms with Gasteiger partial charge in [-0.3, -0.25) is 4.79 Å². The summed E-state index contributed by atoms with van der Waals surface area (Å²) in [5.41, 5.74) is 0.109. The quantitative estimate of drug-likeness (QED) is 0.824. The van der Waals surface area contributed by atoms with Crippen LogP contribution in [-0.2, 0) is 11.2 Å². The van der Waals surface area contributed by atoms with Crippen molar-refractivity contribution in [3.05, 3.63) is 35.4 Å². The fraction of sp³-hybridized carbons (Fsp3) is 0.364. The van der Waals surface area contributed by atoms with Gasteiger partial charge in [-0.05, 0) is 17.7 Å². The number of hydrogen-bond acceptors (Lipinski definition) is 2. The van der Waals surface area contributed by atoms with Crippen molar-refractivity contribution in [2.45, 2.75) is 18.7 Å². The van der Waals surface area contributed by atoms with Crippen LogP contribution >= 0.6 is 0 Å². The summed E-state index contributed by atoms with van der Waals surface area (Å²) in [5, 5.41) is 10.5. The van der Waals surface area contributed by atoms with Gasteiger partial charge in [0.2, 0.25) is 5.91 Å². The summed E-state index contributed by atoms with van der Waals surface area (Å²) in [4.78, 5) is 11.2. The fourth-order valence-corrected chi connectivity index (χ4v) is 1.22. The van der Waals surface area contributed by atoms with E-state index >= 15 is 0 Å². The van der Waals surface area contributed by atoms with Crippen molar-refractivity contribution in [2.24, 2.45) is 0 Å². The van der Waals surface area contributed by atoms with Gasteiger partial charge in [0.1, 0.15) is 0 Å². The molecule has 0 fully saturated rings. The summed E-state index contributed by atoms with van der Waals surface area (Å²) < 4.78 is 61.2. The summed E-state index contributed by atoms with van der Waals surface area (Å²) in [6, 6.07) is 2.72. The molecule has 0 aliphatic rings. The number of alkyl halides is 3.